The van der Waals surface area contributed by atoms with Gasteiger partial charge in [0, 0.05) is 6.08 Å². The standard InChI is InChI=1S/C19H15Cl2NO5/c1-11-2-5-13(20)19(18(11)21)22-16(23)9-25-17(24)7-4-12-3-6-14-15(8-12)27-10-26-14/h2-8H,9-10H2,1H3,(H,22,23)/b7-4+. The van der Waals surface area contributed by atoms with Gasteiger partial charge in [0.2, 0.25) is 6.79 Å². The number of rotatable bonds is 5. The van der Waals surface area contributed by atoms with E-state index in [-0.39, 0.29) is 12.5 Å². The quantitative estimate of drug-likeness (QED) is 0.592. The summed E-state index contributed by atoms with van der Waals surface area (Å²) < 4.78 is 15.4. The number of esters is 1. The predicted octanol–water partition coefficient (Wildman–Crippen LogP) is 4.23. The molecular formula is C19H15Cl2NO5. The van der Waals surface area contributed by atoms with Gasteiger partial charge in [0.05, 0.1) is 15.7 Å². The van der Waals surface area contributed by atoms with Crippen LogP contribution < -0.4 is 14.8 Å². The number of amides is 1. The molecule has 27 heavy (non-hydrogen) atoms. The van der Waals surface area contributed by atoms with Gasteiger partial charge < -0.3 is 19.5 Å². The molecule has 0 radical (unpaired) electrons. The first-order valence-electron chi connectivity index (χ1n) is 7.93. The molecular weight excluding hydrogens is 393 g/mol. The van der Waals surface area contributed by atoms with Crippen LogP contribution in [0, 0.1) is 6.92 Å². The predicted molar refractivity (Wildman–Crippen MR) is 102 cm³/mol. The number of halogens is 2. The number of carbonyl (C=O) groups excluding carboxylic acids is 2. The van der Waals surface area contributed by atoms with Crippen LogP contribution in [0.5, 0.6) is 11.5 Å². The number of fused-ring (bicyclic) bond motifs is 1. The molecule has 0 bridgehead atoms. The highest BCUT2D eigenvalue weighted by Gasteiger charge is 2.14. The molecule has 0 saturated heterocycles. The van der Waals surface area contributed by atoms with E-state index in [1.807, 2.05) is 0 Å². The molecule has 0 aromatic heterocycles. The summed E-state index contributed by atoms with van der Waals surface area (Å²) in [5.74, 6) is 0.0511. The Balaban J connectivity index is 1.53. The number of benzene rings is 2. The fourth-order valence-electron chi connectivity index (χ4n) is 2.31. The molecule has 0 saturated carbocycles. The maximum atomic E-state index is 12.0. The van der Waals surface area contributed by atoms with E-state index in [9.17, 15) is 9.59 Å². The number of aryl methyl sites for hydroxylation is 1. The normalized spacial score (nSPS) is 12.3. The minimum absolute atomic E-state index is 0.175. The molecule has 140 valence electrons. The summed E-state index contributed by atoms with van der Waals surface area (Å²) in [4.78, 5) is 23.8. The molecule has 3 rings (SSSR count). The zero-order valence-corrected chi connectivity index (χ0v) is 15.8. The Morgan fingerprint density at radius 1 is 1.19 bits per heavy atom. The first-order chi connectivity index (χ1) is 12.9. The summed E-state index contributed by atoms with van der Waals surface area (Å²) in [6, 6.07) is 8.61. The number of hydrogen-bond acceptors (Lipinski definition) is 5. The Labute approximate surface area is 165 Å². The van der Waals surface area contributed by atoms with Gasteiger partial charge in [0.1, 0.15) is 0 Å². The van der Waals surface area contributed by atoms with Crippen molar-refractivity contribution in [3.05, 3.63) is 57.6 Å². The second-order valence-electron chi connectivity index (χ2n) is 5.66. The van der Waals surface area contributed by atoms with Crippen LogP contribution in [0.25, 0.3) is 6.08 Å². The highest BCUT2D eigenvalue weighted by Crippen LogP contribution is 2.33. The van der Waals surface area contributed by atoms with Gasteiger partial charge >= 0.3 is 5.97 Å². The van der Waals surface area contributed by atoms with Gasteiger partial charge in [-0.3, -0.25) is 4.79 Å². The lowest BCUT2D eigenvalue weighted by Gasteiger charge is -2.11. The second kappa shape index (κ2) is 8.33. The van der Waals surface area contributed by atoms with E-state index in [0.717, 1.165) is 11.1 Å². The molecule has 6 nitrogen and oxygen atoms in total. The molecule has 0 aliphatic carbocycles. The van der Waals surface area contributed by atoms with Gasteiger partial charge in [0.15, 0.2) is 18.1 Å². The van der Waals surface area contributed by atoms with Crippen molar-refractivity contribution in [2.24, 2.45) is 0 Å². The van der Waals surface area contributed by atoms with E-state index < -0.39 is 18.5 Å². The van der Waals surface area contributed by atoms with Crippen molar-refractivity contribution >= 4 is 46.8 Å². The van der Waals surface area contributed by atoms with E-state index in [1.54, 1.807) is 43.3 Å². The Kier molecular flexibility index (Phi) is 5.88. The maximum absolute atomic E-state index is 12.0. The van der Waals surface area contributed by atoms with Gasteiger partial charge in [-0.05, 0) is 42.3 Å². The molecule has 0 fully saturated rings. The van der Waals surface area contributed by atoms with E-state index in [2.05, 4.69) is 5.32 Å². The Bertz CT molecular complexity index is 927. The van der Waals surface area contributed by atoms with Crippen LogP contribution in [0.1, 0.15) is 11.1 Å². The molecule has 0 spiro atoms. The molecule has 1 aliphatic heterocycles. The molecule has 0 atom stereocenters. The Morgan fingerprint density at radius 3 is 2.78 bits per heavy atom. The largest absolute Gasteiger partial charge is 0.454 e. The summed E-state index contributed by atoms with van der Waals surface area (Å²) in [5.41, 5.74) is 1.79. The van der Waals surface area contributed by atoms with Crippen molar-refractivity contribution in [2.75, 3.05) is 18.7 Å². The third kappa shape index (κ3) is 4.72. The number of ether oxygens (including phenoxy) is 3. The topological polar surface area (TPSA) is 73.9 Å². The first kappa shape index (κ1) is 19.1. The van der Waals surface area contributed by atoms with Gasteiger partial charge in [-0.15, -0.1) is 0 Å². The van der Waals surface area contributed by atoms with Crippen LogP contribution in [0.4, 0.5) is 5.69 Å². The van der Waals surface area contributed by atoms with Crippen molar-refractivity contribution in [1.82, 2.24) is 0 Å². The summed E-state index contributed by atoms with van der Waals surface area (Å²) in [7, 11) is 0. The van der Waals surface area contributed by atoms with Gasteiger partial charge in [-0.2, -0.15) is 0 Å². The van der Waals surface area contributed by atoms with Crippen LogP contribution in [0.15, 0.2) is 36.4 Å². The van der Waals surface area contributed by atoms with Gasteiger partial charge in [-0.1, -0.05) is 35.3 Å². The second-order valence-corrected chi connectivity index (χ2v) is 6.44. The highest BCUT2D eigenvalue weighted by molar-refractivity contribution is 6.40. The van der Waals surface area contributed by atoms with Gasteiger partial charge in [0.25, 0.3) is 5.91 Å². The fraction of sp³-hybridized carbons (Fsp3) is 0.158. The van der Waals surface area contributed by atoms with Crippen molar-refractivity contribution in [3.63, 3.8) is 0 Å². The van der Waals surface area contributed by atoms with Crippen LogP contribution >= 0.6 is 23.2 Å². The van der Waals surface area contributed by atoms with Crippen LogP contribution in [0.2, 0.25) is 10.0 Å². The highest BCUT2D eigenvalue weighted by atomic mass is 35.5. The molecule has 1 amide bonds. The number of carbonyl (C=O) groups is 2. The molecule has 2 aromatic rings. The molecule has 8 heteroatoms. The monoisotopic (exact) mass is 407 g/mol. The third-order valence-electron chi connectivity index (χ3n) is 3.70. The zero-order valence-electron chi connectivity index (χ0n) is 14.3. The molecule has 1 N–H and O–H groups in total. The van der Waals surface area contributed by atoms with E-state index in [4.69, 9.17) is 37.4 Å². The lowest BCUT2D eigenvalue weighted by Crippen LogP contribution is -2.20. The van der Waals surface area contributed by atoms with Crippen molar-refractivity contribution in [3.8, 4) is 11.5 Å². The molecule has 1 aliphatic rings. The van der Waals surface area contributed by atoms with Crippen molar-refractivity contribution in [1.29, 1.82) is 0 Å². The number of nitrogens with one attached hydrogen (secondary N) is 1. The first-order valence-corrected chi connectivity index (χ1v) is 8.68. The minimum atomic E-state index is -0.663. The number of anilines is 1. The summed E-state index contributed by atoms with van der Waals surface area (Å²) in [5, 5.41) is 3.18. The summed E-state index contributed by atoms with van der Waals surface area (Å²) in [6.45, 7) is 1.49. The summed E-state index contributed by atoms with van der Waals surface area (Å²) in [6.07, 6.45) is 2.77. The average molecular weight is 408 g/mol. The van der Waals surface area contributed by atoms with Gasteiger partial charge in [-0.25, -0.2) is 4.79 Å². The van der Waals surface area contributed by atoms with Crippen LogP contribution in [-0.2, 0) is 14.3 Å². The molecule has 1 heterocycles. The maximum Gasteiger partial charge on any atom is 0.331 e. The van der Waals surface area contributed by atoms with Crippen molar-refractivity contribution in [2.45, 2.75) is 6.92 Å². The lowest BCUT2D eigenvalue weighted by molar-refractivity contribution is -0.142. The lowest BCUT2D eigenvalue weighted by atomic mass is 10.2. The van der Waals surface area contributed by atoms with Crippen LogP contribution in [0.3, 0.4) is 0 Å². The zero-order chi connectivity index (χ0) is 19.4. The van der Waals surface area contributed by atoms with E-state index in [0.29, 0.717) is 21.5 Å². The Morgan fingerprint density at radius 2 is 1.96 bits per heavy atom. The SMILES string of the molecule is Cc1ccc(Cl)c(NC(=O)COC(=O)/C=C/c2ccc3c(c2)OCO3)c1Cl. The molecule has 2 aromatic carbocycles. The third-order valence-corrected chi connectivity index (χ3v) is 4.50. The average Bonchev–Trinajstić information content (AvgIpc) is 3.12. The minimum Gasteiger partial charge on any atom is -0.454 e. The summed E-state index contributed by atoms with van der Waals surface area (Å²) >= 11 is 12.2. The van der Waals surface area contributed by atoms with E-state index >= 15 is 0 Å². The molecule has 0 unspecified atom stereocenters. The Hall–Kier alpha value is -2.70. The number of hydrogen-bond donors (Lipinski definition) is 1. The smallest absolute Gasteiger partial charge is 0.331 e. The fourth-order valence-corrected chi connectivity index (χ4v) is 2.78. The van der Waals surface area contributed by atoms with Crippen molar-refractivity contribution < 1.29 is 23.8 Å². The van der Waals surface area contributed by atoms with E-state index in [1.165, 1.54) is 6.08 Å². The van der Waals surface area contributed by atoms with Crippen LogP contribution in [-0.4, -0.2) is 25.3 Å².